The third kappa shape index (κ3) is 3.64. The second-order valence-electron chi connectivity index (χ2n) is 7.60. The first-order chi connectivity index (χ1) is 14.6. The van der Waals surface area contributed by atoms with Crippen LogP contribution in [0.3, 0.4) is 0 Å². The maximum absolute atomic E-state index is 13.0. The third-order valence-electron chi connectivity index (χ3n) is 5.63. The molecule has 1 aliphatic heterocycles. The number of rotatable bonds is 5. The fourth-order valence-corrected chi connectivity index (χ4v) is 6.85. The van der Waals surface area contributed by atoms with Gasteiger partial charge in [0.05, 0.1) is 16.7 Å². The average Bonchev–Trinajstić information content (AvgIpc) is 3.51. The van der Waals surface area contributed by atoms with Gasteiger partial charge in [-0.1, -0.05) is 29.8 Å². The zero-order valence-corrected chi connectivity index (χ0v) is 18.6. The van der Waals surface area contributed by atoms with E-state index in [1.54, 1.807) is 0 Å². The van der Waals surface area contributed by atoms with E-state index in [4.69, 9.17) is 16.3 Å². The number of fused-ring (bicyclic) bond motifs is 2. The molecule has 0 spiro atoms. The van der Waals surface area contributed by atoms with Gasteiger partial charge in [-0.05, 0) is 43.7 Å². The lowest BCUT2D eigenvalue weighted by Crippen LogP contribution is -2.32. The lowest BCUT2D eigenvalue weighted by molar-refractivity contribution is 0.0858. The van der Waals surface area contributed by atoms with Crippen molar-refractivity contribution in [3.8, 4) is 0 Å². The molecule has 1 saturated heterocycles. The fourth-order valence-electron chi connectivity index (χ4n) is 4.15. The summed E-state index contributed by atoms with van der Waals surface area (Å²) in [6.45, 7) is 1.25. The number of benzene rings is 1. The Kier molecular flexibility index (Phi) is 5.54. The number of carbonyl (C=O) groups is 2. The number of halogens is 1. The predicted octanol–water partition coefficient (Wildman–Crippen LogP) is 5.27. The molecule has 2 aliphatic rings. The van der Waals surface area contributed by atoms with Crippen LogP contribution in [0.5, 0.6) is 0 Å². The number of ether oxygens (including phenoxy) is 1. The zero-order valence-electron chi connectivity index (χ0n) is 16.3. The Balaban J connectivity index is 1.40. The van der Waals surface area contributed by atoms with E-state index in [0.717, 1.165) is 54.4 Å². The van der Waals surface area contributed by atoms with Crippen molar-refractivity contribution >= 4 is 61.2 Å². The smallest absolute Gasteiger partial charge is 0.267 e. The number of carbonyl (C=O) groups excluding carboxylic acids is 2. The minimum Gasteiger partial charge on any atom is -0.376 e. The Morgan fingerprint density at radius 2 is 2.00 bits per heavy atom. The molecule has 2 N–H and O–H groups in total. The number of thiophene rings is 2. The van der Waals surface area contributed by atoms with Crippen molar-refractivity contribution in [2.24, 2.45) is 0 Å². The monoisotopic (exact) mass is 460 g/mol. The summed E-state index contributed by atoms with van der Waals surface area (Å²) in [5.74, 6) is -0.406. The first-order valence-electron chi connectivity index (χ1n) is 10.1. The summed E-state index contributed by atoms with van der Waals surface area (Å²) in [6, 6.07) is 7.70. The van der Waals surface area contributed by atoms with Crippen LogP contribution in [-0.4, -0.2) is 31.1 Å². The predicted molar refractivity (Wildman–Crippen MR) is 122 cm³/mol. The van der Waals surface area contributed by atoms with Crippen LogP contribution in [0.1, 0.15) is 49.7 Å². The van der Waals surface area contributed by atoms with Crippen LogP contribution in [0, 0.1) is 0 Å². The van der Waals surface area contributed by atoms with Crippen molar-refractivity contribution in [2.75, 3.05) is 18.5 Å². The van der Waals surface area contributed by atoms with Crippen molar-refractivity contribution in [2.45, 2.75) is 38.2 Å². The molecule has 8 heteroatoms. The SMILES string of the molecule is O=C(Nc1sc2c(c1C(=O)NC[C@@H]1CCCO1)CCC2)c1sc2ccccc2c1Cl. The molecule has 1 fully saturated rings. The molecule has 2 amide bonds. The summed E-state index contributed by atoms with van der Waals surface area (Å²) in [4.78, 5) is 27.7. The molecule has 1 atom stereocenters. The zero-order chi connectivity index (χ0) is 20.7. The summed E-state index contributed by atoms with van der Waals surface area (Å²) in [7, 11) is 0. The highest BCUT2D eigenvalue weighted by Crippen LogP contribution is 2.41. The topological polar surface area (TPSA) is 67.4 Å². The van der Waals surface area contributed by atoms with Crippen molar-refractivity contribution < 1.29 is 14.3 Å². The summed E-state index contributed by atoms with van der Waals surface area (Å²) in [5, 5.41) is 7.94. The van der Waals surface area contributed by atoms with Crippen LogP contribution in [0.25, 0.3) is 10.1 Å². The third-order valence-corrected chi connectivity index (χ3v) is 8.51. The van der Waals surface area contributed by atoms with Gasteiger partial charge in [0.2, 0.25) is 0 Å². The molecule has 30 heavy (non-hydrogen) atoms. The molecular weight excluding hydrogens is 440 g/mol. The van der Waals surface area contributed by atoms with Gasteiger partial charge < -0.3 is 15.4 Å². The summed E-state index contributed by atoms with van der Waals surface area (Å²) in [5.41, 5.74) is 1.68. The summed E-state index contributed by atoms with van der Waals surface area (Å²) >= 11 is 9.35. The first kappa shape index (κ1) is 20.0. The summed E-state index contributed by atoms with van der Waals surface area (Å²) < 4.78 is 6.58. The van der Waals surface area contributed by atoms with Crippen LogP contribution < -0.4 is 10.6 Å². The average molecular weight is 461 g/mol. The van der Waals surface area contributed by atoms with Crippen molar-refractivity contribution in [3.63, 3.8) is 0 Å². The quantitative estimate of drug-likeness (QED) is 0.545. The van der Waals surface area contributed by atoms with Gasteiger partial charge in [-0.25, -0.2) is 0 Å². The molecule has 5 nitrogen and oxygen atoms in total. The molecule has 5 rings (SSSR count). The van der Waals surface area contributed by atoms with E-state index in [2.05, 4.69) is 10.6 Å². The van der Waals surface area contributed by atoms with Crippen molar-refractivity contribution in [1.29, 1.82) is 0 Å². The molecule has 3 aromatic rings. The Bertz CT molecular complexity index is 1130. The van der Waals surface area contributed by atoms with E-state index in [0.29, 0.717) is 27.0 Å². The van der Waals surface area contributed by atoms with Gasteiger partial charge in [0.25, 0.3) is 11.8 Å². The number of hydrogen-bond donors (Lipinski definition) is 2. The van der Waals surface area contributed by atoms with Gasteiger partial charge in [-0.15, -0.1) is 22.7 Å². The minimum absolute atomic E-state index is 0.0797. The Hall–Kier alpha value is -1.93. The van der Waals surface area contributed by atoms with Crippen molar-refractivity contribution in [1.82, 2.24) is 5.32 Å². The standard InChI is InChI=1S/C22H21ClN2O3S2/c23-18-14-6-1-2-8-16(14)29-19(18)21(27)25-22-17(13-7-3-9-15(13)30-22)20(26)24-11-12-5-4-10-28-12/h1-2,6,8,12H,3-5,7,9-11H2,(H,24,26)(H,25,27)/t12-/m0/s1. The van der Waals surface area contributed by atoms with Gasteiger partial charge in [-0.2, -0.15) is 0 Å². The van der Waals surface area contributed by atoms with E-state index < -0.39 is 0 Å². The Labute approximate surface area is 187 Å². The highest BCUT2D eigenvalue weighted by atomic mass is 35.5. The Morgan fingerprint density at radius 3 is 2.80 bits per heavy atom. The molecule has 3 heterocycles. The maximum atomic E-state index is 13.0. The van der Waals surface area contributed by atoms with Gasteiger partial charge in [0.1, 0.15) is 9.88 Å². The highest BCUT2D eigenvalue weighted by Gasteiger charge is 2.29. The fraction of sp³-hybridized carbons (Fsp3) is 0.364. The molecule has 2 aromatic heterocycles. The number of amides is 2. The molecule has 0 bridgehead atoms. The summed E-state index contributed by atoms with van der Waals surface area (Å²) in [6.07, 6.45) is 4.95. The molecule has 0 saturated carbocycles. The van der Waals surface area contributed by atoms with Crippen LogP contribution in [0.2, 0.25) is 5.02 Å². The van der Waals surface area contributed by atoms with E-state index in [9.17, 15) is 9.59 Å². The van der Waals surface area contributed by atoms with E-state index in [-0.39, 0.29) is 17.9 Å². The second-order valence-corrected chi connectivity index (χ2v) is 10.1. The van der Waals surface area contributed by atoms with E-state index >= 15 is 0 Å². The highest BCUT2D eigenvalue weighted by molar-refractivity contribution is 7.22. The van der Waals surface area contributed by atoms with Crippen LogP contribution >= 0.6 is 34.3 Å². The van der Waals surface area contributed by atoms with Crippen LogP contribution in [0.4, 0.5) is 5.00 Å². The van der Waals surface area contributed by atoms with Gasteiger partial charge in [0, 0.05) is 28.1 Å². The molecule has 1 aliphatic carbocycles. The normalized spacial score (nSPS) is 18.0. The number of aryl methyl sites for hydroxylation is 1. The molecule has 0 radical (unpaired) electrons. The lowest BCUT2D eigenvalue weighted by Gasteiger charge is -2.12. The largest absolute Gasteiger partial charge is 0.376 e. The van der Waals surface area contributed by atoms with E-state index in [1.807, 2.05) is 24.3 Å². The van der Waals surface area contributed by atoms with Crippen molar-refractivity contribution in [3.05, 3.63) is 50.2 Å². The second kappa shape index (κ2) is 8.30. The van der Waals surface area contributed by atoms with Gasteiger partial charge in [-0.3, -0.25) is 9.59 Å². The lowest BCUT2D eigenvalue weighted by atomic mass is 10.1. The molecule has 156 valence electrons. The van der Waals surface area contributed by atoms with Crippen LogP contribution in [0.15, 0.2) is 24.3 Å². The van der Waals surface area contributed by atoms with E-state index in [1.165, 1.54) is 27.6 Å². The van der Waals surface area contributed by atoms with Gasteiger partial charge >= 0.3 is 0 Å². The maximum Gasteiger partial charge on any atom is 0.267 e. The number of nitrogens with one attached hydrogen (secondary N) is 2. The first-order valence-corrected chi connectivity index (χ1v) is 12.2. The van der Waals surface area contributed by atoms with Crippen LogP contribution in [-0.2, 0) is 17.6 Å². The minimum atomic E-state index is -0.269. The molecule has 1 aromatic carbocycles. The molecular formula is C22H21ClN2O3S2. The van der Waals surface area contributed by atoms with Gasteiger partial charge in [0.15, 0.2) is 0 Å². The Morgan fingerprint density at radius 1 is 1.13 bits per heavy atom. The molecule has 0 unspecified atom stereocenters. The number of anilines is 1. The number of hydrogen-bond acceptors (Lipinski definition) is 5.